The highest BCUT2D eigenvalue weighted by atomic mass is 16.3. The van der Waals surface area contributed by atoms with Crippen LogP contribution in [0.25, 0.3) is 0 Å². The van der Waals surface area contributed by atoms with Gasteiger partial charge in [-0.1, -0.05) is 31.2 Å². The van der Waals surface area contributed by atoms with Crippen LogP contribution >= 0.6 is 0 Å². The molecule has 86 valence electrons. The average Bonchev–Trinajstić information content (AvgIpc) is 2.88. The quantitative estimate of drug-likeness (QED) is 0.786. The van der Waals surface area contributed by atoms with Gasteiger partial charge in [-0.05, 0) is 24.1 Å². The SMILES string of the molecule is CC1(Cc2ccco2)Cc2ccccc2C1=O. The molecule has 0 spiro atoms. The van der Waals surface area contributed by atoms with E-state index in [1.165, 1.54) is 0 Å². The zero-order valence-corrected chi connectivity index (χ0v) is 9.77. The van der Waals surface area contributed by atoms with Crippen LogP contribution in [0.1, 0.15) is 28.6 Å². The van der Waals surface area contributed by atoms with Crippen LogP contribution < -0.4 is 0 Å². The van der Waals surface area contributed by atoms with Gasteiger partial charge in [0.1, 0.15) is 5.76 Å². The first-order valence-corrected chi connectivity index (χ1v) is 5.84. The van der Waals surface area contributed by atoms with Crippen LogP contribution in [0.2, 0.25) is 0 Å². The Morgan fingerprint density at radius 2 is 2.06 bits per heavy atom. The molecule has 1 atom stereocenters. The van der Waals surface area contributed by atoms with Crippen LogP contribution in [0.5, 0.6) is 0 Å². The number of ketones is 1. The van der Waals surface area contributed by atoms with E-state index in [1.54, 1.807) is 6.26 Å². The molecule has 0 saturated heterocycles. The molecule has 1 aliphatic rings. The predicted octanol–water partition coefficient (Wildman–Crippen LogP) is 3.27. The highest BCUT2D eigenvalue weighted by Gasteiger charge is 2.41. The second-order valence-electron chi connectivity index (χ2n) is 4.98. The normalized spacial score (nSPS) is 22.8. The molecule has 1 aromatic carbocycles. The van der Waals surface area contributed by atoms with Gasteiger partial charge in [0.15, 0.2) is 5.78 Å². The minimum Gasteiger partial charge on any atom is -0.469 e. The van der Waals surface area contributed by atoms with Gasteiger partial charge >= 0.3 is 0 Å². The van der Waals surface area contributed by atoms with Crippen molar-refractivity contribution in [3.8, 4) is 0 Å². The minimum atomic E-state index is -0.346. The molecular formula is C15H14O2. The van der Waals surface area contributed by atoms with E-state index in [9.17, 15) is 4.79 Å². The van der Waals surface area contributed by atoms with E-state index in [0.29, 0.717) is 6.42 Å². The van der Waals surface area contributed by atoms with Crippen LogP contribution in [0.3, 0.4) is 0 Å². The Labute approximate surface area is 100 Å². The minimum absolute atomic E-state index is 0.240. The second-order valence-corrected chi connectivity index (χ2v) is 4.98. The number of furan rings is 1. The fraction of sp³-hybridized carbons (Fsp3) is 0.267. The summed E-state index contributed by atoms with van der Waals surface area (Å²) in [6.45, 7) is 2.03. The molecule has 0 amide bonds. The summed E-state index contributed by atoms with van der Waals surface area (Å²) >= 11 is 0. The molecule has 0 N–H and O–H groups in total. The van der Waals surface area contributed by atoms with Gasteiger partial charge in [-0.25, -0.2) is 0 Å². The number of carbonyl (C=O) groups is 1. The molecule has 0 bridgehead atoms. The Bertz CT molecular complexity index is 550. The van der Waals surface area contributed by atoms with E-state index in [4.69, 9.17) is 4.42 Å². The number of rotatable bonds is 2. The molecule has 3 rings (SSSR count). The molecule has 1 aliphatic carbocycles. The van der Waals surface area contributed by atoms with Crippen LogP contribution in [0.15, 0.2) is 47.1 Å². The van der Waals surface area contributed by atoms with Gasteiger partial charge in [0.2, 0.25) is 0 Å². The van der Waals surface area contributed by atoms with Gasteiger partial charge < -0.3 is 4.42 Å². The van der Waals surface area contributed by atoms with Gasteiger partial charge in [-0.3, -0.25) is 4.79 Å². The molecule has 0 fully saturated rings. The summed E-state index contributed by atoms with van der Waals surface area (Å²) in [5, 5.41) is 0. The van der Waals surface area contributed by atoms with Crippen LogP contribution in [0.4, 0.5) is 0 Å². The molecule has 0 aliphatic heterocycles. The Morgan fingerprint density at radius 1 is 1.24 bits per heavy atom. The smallest absolute Gasteiger partial charge is 0.169 e. The van der Waals surface area contributed by atoms with Crippen molar-refractivity contribution in [3.05, 3.63) is 59.5 Å². The molecular weight excluding hydrogens is 212 g/mol. The van der Waals surface area contributed by atoms with Crippen LogP contribution in [0, 0.1) is 5.41 Å². The van der Waals surface area contributed by atoms with Gasteiger partial charge in [-0.2, -0.15) is 0 Å². The van der Waals surface area contributed by atoms with Gasteiger partial charge in [0.05, 0.1) is 6.26 Å². The zero-order chi connectivity index (χ0) is 11.9. The maximum Gasteiger partial charge on any atom is 0.169 e. The Hall–Kier alpha value is -1.83. The largest absolute Gasteiger partial charge is 0.469 e. The van der Waals surface area contributed by atoms with Gasteiger partial charge in [0.25, 0.3) is 0 Å². The van der Waals surface area contributed by atoms with E-state index >= 15 is 0 Å². The molecule has 1 unspecified atom stereocenters. The Kier molecular flexibility index (Phi) is 2.18. The Morgan fingerprint density at radius 3 is 2.76 bits per heavy atom. The van der Waals surface area contributed by atoms with Crippen molar-refractivity contribution >= 4 is 5.78 Å². The first-order chi connectivity index (χ1) is 8.19. The van der Waals surface area contributed by atoms with Crippen LogP contribution in [-0.2, 0) is 12.8 Å². The Balaban J connectivity index is 1.94. The monoisotopic (exact) mass is 226 g/mol. The third kappa shape index (κ3) is 1.60. The molecule has 1 aromatic heterocycles. The van der Waals surface area contributed by atoms with E-state index in [2.05, 4.69) is 0 Å². The molecule has 2 nitrogen and oxygen atoms in total. The van der Waals surface area contributed by atoms with Crippen LogP contribution in [-0.4, -0.2) is 5.78 Å². The lowest BCUT2D eigenvalue weighted by Crippen LogP contribution is -2.26. The summed E-state index contributed by atoms with van der Waals surface area (Å²) in [5.41, 5.74) is 1.69. The van der Waals surface area contributed by atoms with E-state index < -0.39 is 0 Å². The fourth-order valence-corrected chi connectivity index (χ4v) is 2.66. The first kappa shape index (κ1) is 10.3. The van der Waals surface area contributed by atoms with Crippen molar-refractivity contribution in [2.24, 2.45) is 5.41 Å². The number of fused-ring (bicyclic) bond motifs is 1. The predicted molar refractivity (Wildman–Crippen MR) is 65.0 cm³/mol. The third-order valence-electron chi connectivity index (χ3n) is 3.54. The van der Waals surface area contributed by atoms with Crippen molar-refractivity contribution in [2.45, 2.75) is 19.8 Å². The van der Waals surface area contributed by atoms with Crippen molar-refractivity contribution in [1.82, 2.24) is 0 Å². The maximum atomic E-state index is 12.4. The van der Waals surface area contributed by atoms with Crippen molar-refractivity contribution < 1.29 is 9.21 Å². The third-order valence-corrected chi connectivity index (χ3v) is 3.54. The summed E-state index contributed by atoms with van der Waals surface area (Å²) in [4.78, 5) is 12.4. The fourth-order valence-electron chi connectivity index (χ4n) is 2.66. The average molecular weight is 226 g/mol. The van der Waals surface area contributed by atoms with Gasteiger partial charge in [-0.15, -0.1) is 0 Å². The lowest BCUT2D eigenvalue weighted by molar-refractivity contribution is 0.0834. The number of Topliss-reactive ketones (excluding diaryl/α,β-unsaturated/α-hetero) is 1. The van der Waals surface area contributed by atoms with Gasteiger partial charge in [0, 0.05) is 17.4 Å². The zero-order valence-electron chi connectivity index (χ0n) is 9.77. The standard InChI is InChI=1S/C15H14O2/c1-15(10-12-6-4-8-17-12)9-11-5-2-3-7-13(11)14(15)16/h2-8H,9-10H2,1H3. The summed E-state index contributed by atoms with van der Waals surface area (Å²) in [6, 6.07) is 11.7. The maximum absolute atomic E-state index is 12.4. The molecule has 2 aromatic rings. The van der Waals surface area contributed by atoms with E-state index in [-0.39, 0.29) is 11.2 Å². The molecule has 2 heteroatoms. The van der Waals surface area contributed by atoms with Crippen molar-refractivity contribution in [2.75, 3.05) is 0 Å². The van der Waals surface area contributed by atoms with Crippen molar-refractivity contribution in [1.29, 1.82) is 0 Å². The molecule has 1 heterocycles. The summed E-state index contributed by atoms with van der Waals surface area (Å²) < 4.78 is 5.36. The molecule has 17 heavy (non-hydrogen) atoms. The summed E-state index contributed by atoms with van der Waals surface area (Å²) in [5.74, 6) is 1.12. The lowest BCUT2D eigenvalue weighted by atomic mass is 9.82. The highest BCUT2D eigenvalue weighted by molar-refractivity contribution is 6.04. The molecule has 0 radical (unpaired) electrons. The summed E-state index contributed by atoms with van der Waals surface area (Å²) in [6.07, 6.45) is 3.14. The lowest BCUT2D eigenvalue weighted by Gasteiger charge is -2.20. The number of carbonyl (C=O) groups excluding carboxylic acids is 1. The number of benzene rings is 1. The van der Waals surface area contributed by atoms with Crippen molar-refractivity contribution in [3.63, 3.8) is 0 Å². The topological polar surface area (TPSA) is 30.2 Å². The highest BCUT2D eigenvalue weighted by Crippen LogP contribution is 2.39. The van der Waals surface area contributed by atoms with E-state index in [0.717, 1.165) is 23.3 Å². The number of hydrogen-bond acceptors (Lipinski definition) is 2. The number of hydrogen-bond donors (Lipinski definition) is 0. The summed E-state index contributed by atoms with van der Waals surface area (Å²) in [7, 11) is 0. The molecule has 0 saturated carbocycles. The second kappa shape index (κ2) is 3.59. The first-order valence-electron chi connectivity index (χ1n) is 5.84. The van der Waals surface area contributed by atoms with E-state index in [1.807, 2.05) is 43.3 Å².